The van der Waals surface area contributed by atoms with Gasteiger partial charge in [-0.25, -0.2) is 4.79 Å². The van der Waals surface area contributed by atoms with Crippen molar-refractivity contribution in [3.05, 3.63) is 12.2 Å². The maximum absolute atomic E-state index is 11.1. The van der Waals surface area contributed by atoms with Crippen molar-refractivity contribution < 1.29 is 23.8 Å². The van der Waals surface area contributed by atoms with E-state index in [2.05, 4.69) is 9.47 Å². The van der Waals surface area contributed by atoms with Crippen LogP contribution < -0.4 is 0 Å². The molecule has 5 heteroatoms. The maximum atomic E-state index is 11.1. The third-order valence-corrected chi connectivity index (χ3v) is 2.48. The molecular weight excluding hydrogens is 212 g/mol. The number of carbonyl (C=O) groups excluding carboxylic acids is 2. The first-order valence-electron chi connectivity index (χ1n) is 5.13. The van der Waals surface area contributed by atoms with Gasteiger partial charge in [0.1, 0.15) is 6.10 Å². The molecule has 0 amide bonds. The zero-order valence-electron chi connectivity index (χ0n) is 9.47. The van der Waals surface area contributed by atoms with Crippen LogP contribution >= 0.6 is 0 Å². The number of allylic oxidation sites excluding steroid dienone is 1. The largest absolute Gasteiger partial charge is 0.508 e. The average molecular weight is 228 g/mol. The van der Waals surface area contributed by atoms with E-state index in [-0.39, 0.29) is 18.0 Å². The Morgan fingerprint density at radius 3 is 2.69 bits per heavy atom. The van der Waals surface area contributed by atoms with Gasteiger partial charge in [0.15, 0.2) is 0 Å². The Morgan fingerprint density at radius 1 is 1.31 bits per heavy atom. The van der Waals surface area contributed by atoms with Crippen molar-refractivity contribution in [3.63, 3.8) is 0 Å². The summed E-state index contributed by atoms with van der Waals surface area (Å²) in [7, 11) is 2.63. The lowest BCUT2D eigenvalue weighted by molar-refractivity contribution is -0.141. The fourth-order valence-corrected chi connectivity index (χ4v) is 1.67. The molecule has 1 aliphatic rings. The average Bonchev–Trinajstić information content (AvgIpc) is 2.29. The molecule has 1 rings (SSSR count). The molecule has 0 aliphatic heterocycles. The summed E-state index contributed by atoms with van der Waals surface area (Å²) in [5, 5.41) is 0. The minimum absolute atomic E-state index is 0.159. The van der Waals surface area contributed by atoms with Crippen molar-refractivity contribution in [1.29, 1.82) is 0 Å². The zero-order valence-corrected chi connectivity index (χ0v) is 9.47. The molecule has 0 aromatic heterocycles. The lowest BCUT2D eigenvalue weighted by atomic mass is 9.90. The number of hydrogen-bond acceptors (Lipinski definition) is 5. The van der Waals surface area contributed by atoms with Crippen LogP contribution in [0.1, 0.15) is 19.3 Å². The molecule has 2 atom stereocenters. The summed E-state index contributed by atoms with van der Waals surface area (Å²) in [6.45, 7) is 0. The van der Waals surface area contributed by atoms with Gasteiger partial charge < -0.3 is 14.2 Å². The molecule has 0 heterocycles. The van der Waals surface area contributed by atoms with Crippen LogP contribution in [-0.2, 0) is 19.0 Å². The van der Waals surface area contributed by atoms with Gasteiger partial charge in [0.25, 0.3) is 0 Å². The summed E-state index contributed by atoms with van der Waals surface area (Å²) in [6.07, 6.45) is 4.48. The van der Waals surface area contributed by atoms with Gasteiger partial charge in [0, 0.05) is 6.42 Å². The highest BCUT2D eigenvalue weighted by Gasteiger charge is 2.23. The van der Waals surface area contributed by atoms with Crippen LogP contribution in [0.4, 0.5) is 4.79 Å². The van der Waals surface area contributed by atoms with Crippen LogP contribution in [0.2, 0.25) is 0 Å². The second kappa shape index (κ2) is 6.15. The summed E-state index contributed by atoms with van der Waals surface area (Å²) in [5.41, 5.74) is 0. The van der Waals surface area contributed by atoms with Crippen molar-refractivity contribution >= 4 is 12.1 Å². The molecule has 0 bridgehead atoms. The Labute approximate surface area is 94.4 Å². The maximum Gasteiger partial charge on any atom is 0.508 e. The van der Waals surface area contributed by atoms with E-state index >= 15 is 0 Å². The first kappa shape index (κ1) is 12.5. The minimum atomic E-state index is -0.701. The molecule has 0 saturated heterocycles. The molecule has 0 aromatic rings. The molecule has 1 aliphatic carbocycles. The quantitative estimate of drug-likeness (QED) is 0.543. The van der Waals surface area contributed by atoms with Gasteiger partial charge in [-0.2, -0.15) is 0 Å². The van der Waals surface area contributed by atoms with Gasteiger partial charge in [-0.1, -0.05) is 6.08 Å². The molecule has 0 radical (unpaired) electrons. The highest BCUT2D eigenvalue weighted by Crippen LogP contribution is 2.24. The SMILES string of the molecule is COC(=O)C[C@@H]1CC=C[C@H](OC(=O)OC)C1. The van der Waals surface area contributed by atoms with Crippen molar-refractivity contribution in [2.45, 2.75) is 25.4 Å². The molecule has 0 unspecified atom stereocenters. The van der Waals surface area contributed by atoms with Crippen LogP contribution in [0.5, 0.6) is 0 Å². The highest BCUT2D eigenvalue weighted by atomic mass is 16.7. The zero-order chi connectivity index (χ0) is 12.0. The van der Waals surface area contributed by atoms with Gasteiger partial charge in [-0.3, -0.25) is 4.79 Å². The van der Waals surface area contributed by atoms with Crippen LogP contribution in [0.3, 0.4) is 0 Å². The monoisotopic (exact) mass is 228 g/mol. The fraction of sp³-hybridized carbons (Fsp3) is 0.636. The second-order valence-electron chi connectivity index (χ2n) is 3.66. The van der Waals surface area contributed by atoms with Crippen molar-refractivity contribution in [2.24, 2.45) is 5.92 Å². The fourth-order valence-electron chi connectivity index (χ4n) is 1.67. The summed E-state index contributed by atoms with van der Waals surface area (Å²) in [5.74, 6) is -0.0794. The van der Waals surface area contributed by atoms with Crippen molar-refractivity contribution in [2.75, 3.05) is 14.2 Å². The molecule has 5 nitrogen and oxygen atoms in total. The third-order valence-electron chi connectivity index (χ3n) is 2.48. The van der Waals surface area contributed by atoms with Gasteiger partial charge in [-0.15, -0.1) is 0 Å². The lowest BCUT2D eigenvalue weighted by Gasteiger charge is -2.23. The molecule has 16 heavy (non-hydrogen) atoms. The Morgan fingerprint density at radius 2 is 2.06 bits per heavy atom. The number of esters is 1. The number of rotatable bonds is 3. The van der Waals surface area contributed by atoms with E-state index in [1.54, 1.807) is 0 Å². The van der Waals surface area contributed by atoms with E-state index in [0.29, 0.717) is 12.8 Å². The first-order valence-corrected chi connectivity index (χ1v) is 5.13. The molecule has 0 N–H and O–H groups in total. The van der Waals surface area contributed by atoms with Gasteiger partial charge >= 0.3 is 12.1 Å². The van der Waals surface area contributed by atoms with E-state index < -0.39 is 6.16 Å². The Balaban J connectivity index is 2.41. The lowest BCUT2D eigenvalue weighted by Crippen LogP contribution is -2.24. The standard InChI is InChI=1S/C11H16O5/c1-14-10(12)7-8-4-3-5-9(6-8)16-11(13)15-2/h3,5,8-9H,4,6-7H2,1-2H3/t8-,9+/m1/s1. The van der Waals surface area contributed by atoms with Crippen LogP contribution in [-0.4, -0.2) is 32.4 Å². The highest BCUT2D eigenvalue weighted by molar-refractivity contribution is 5.69. The molecule has 0 saturated carbocycles. The van der Waals surface area contributed by atoms with Crippen molar-refractivity contribution in [3.8, 4) is 0 Å². The number of ether oxygens (including phenoxy) is 3. The van der Waals surface area contributed by atoms with Gasteiger partial charge in [-0.05, 0) is 24.8 Å². The van der Waals surface area contributed by atoms with Crippen LogP contribution in [0.25, 0.3) is 0 Å². The second-order valence-corrected chi connectivity index (χ2v) is 3.66. The smallest absolute Gasteiger partial charge is 0.469 e. The summed E-state index contributed by atoms with van der Waals surface area (Å²) in [4.78, 5) is 22.0. The summed E-state index contributed by atoms with van der Waals surface area (Å²) >= 11 is 0. The molecule has 0 fully saturated rings. The predicted molar refractivity (Wildman–Crippen MR) is 55.8 cm³/mol. The van der Waals surface area contributed by atoms with Crippen LogP contribution in [0.15, 0.2) is 12.2 Å². The summed E-state index contributed by atoms with van der Waals surface area (Å²) < 4.78 is 14.0. The predicted octanol–water partition coefficient (Wildman–Crippen LogP) is 1.67. The molecule has 0 aromatic carbocycles. The number of hydrogen-bond donors (Lipinski definition) is 0. The van der Waals surface area contributed by atoms with Crippen LogP contribution in [0, 0.1) is 5.92 Å². The summed E-state index contributed by atoms with van der Waals surface area (Å²) in [6, 6.07) is 0. The van der Waals surface area contributed by atoms with E-state index in [1.807, 2.05) is 12.2 Å². The molecule has 0 spiro atoms. The van der Waals surface area contributed by atoms with Crippen molar-refractivity contribution in [1.82, 2.24) is 0 Å². The normalized spacial score (nSPS) is 23.6. The Kier molecular flexibility index (Phi) is 4.82. The molecular formula is C11H16O5. The van der Waals surface area contributed by atoms with E-state index in [4.69, 9.17) is 4.74 Å². The van der Waals surface area contributed by atoms with E-state index in [0.717, 1.165) is 6.42 Å². The number of carbonyl (C=O) groups is 2. The molecule has 90 valence electrons. The minimum Gasteiger partial charge on any atom is -0.469 e. The first-order chi connectivity index (χ1) is 7.65. The van der Waals surface area contributed by atoms with E-state index in [1.165, 1.54) is 14.2 Å². The Bertz CT molecular complexity index is 284. The van der Waals surface area contributed by atoms with Gasteiger partial charge in [0.2, 0.25) is 0 Å². The number of methoxy groups -OCH3 is 2. The third kappa shape index (κ3) is 3.92. The topological polar surface area (TPSA) is 61.8 Å². The van der Waals surface area contributed by atoms with E-state index in [9.17, 15) is 9.59 Å². The Hall–Kier alpha value is -1.52. The van der Waals surface area contributed by atoms with Gasteiger partial charge in [0.05, 0.1) is 14.2 Å².